The highest BCUT2D eigenvalue weighted by atomic mass is 16.5. The number of nitrogens with one attached hydrogen (secondary N) is 2. The Morgan fingerprint density at radius 2 is 1.71 bits per heavy atom. The van der Waals surface area contributed by atoms with Crippen LogP contribution in [0.2, 0.25) is 0 Å². The van der Waals surface area contributed by atoms with Crippen LogP contribution in [-0.2, 0) is 25.5 Å². The van der Waals surface area contributed by atoms with Gasteiger partial charge in [0.25, 0.3) is 0 Å². The molecule has 0 radical (unpaired) electrons. The van der Waals surface area contributed by atoms with Gasteiger partial charge in [-0.3, -0.25) is 4.79 Å². The molecule has 0 spiro atoms. The summed E-state index contributed by atoms with van der Waals surface area (Å²) in [6, 6.07) is 11.4. The van der Waals surface area contributed by atoms with Gasteiger partial charge >= 0.3 is 18.0 Å². The lowest BCUT2D eigenvalue weighted by Gasteiger charge is -2.28. The average Bonchev–Trinajstić information content (AvgIpc) is 2.80. The van der Waals surface area contributed by atoms with Crippen molar-refractivity contribution < 1.29 is 34.1 Å². The van der Waals surface area contributed by atoms with Crippen molar-refractivity contribution in [2.24, 2.45) is 5.92 Å². The van der Waals surface area contributed by atoms with Crippen LogP contribution in [0.1, 0.15) is 26.3 Å². The average molecular weight is 488 g/mol. The Balaban J connectivity index is 2.03. The van der Waals surface area contributed by atoms with Gasteiger partial charge in [0.2, 0.25) is 5.91 Å². The molecule has 0 aliphatic carbocycles. The highest BCUT2D eigenvalue weighted by molar-refractivity contribution is 5.85. The Hall–Kier alpha value is -3.66. The fraction of sp³-hybridized carbons (Fsp3) is 0.440. The van der Waals surface area contributed by atoms with Crippen LogP contribution < -0.4 is 10.6 Å². The zero-order chi connectivity index (χ0) is 26.0. The van der Waals surface area contributed by atoms with Crippen LogP contribution in [0.5, 0.6) is 0 Å². The molecule has 2 rings (SSSR count). The Morgan fingerprint density at radius 1 is 1.03 bits per heavy atom. The minimum Gasteiger partial charge on any atom is -0.480 e. The monoisotopic (exact) mass is 487 g/mol. The van der Waals surface area contributed by atoms with Gasteiger partial charge in [0.05, 0.1) is 13.1 Å². The highest BCUT2D eigenvalue weighted by Crippen LogP contribution is 2.17. The third kappa shape index (κ3) is 9.24. The molecule has 0 saturated heterocycles. The van der Waals surface area contributed by atoms with Gasteiger partial charge in [-0.25, -0.2) is 14.4 Å². The molecule has 2 aromatic rings. The summed E-state index contributed by atoms with van der Waals surface area (Å²) < 4.78 is 4.92. The molecule has 2 atom stereocenters. The second kappa shape index (κ2) is 13.3. The number of urea groups is 1. The molecule has 0 aromatic heterocycles. The van der Waals surface area contributed by atoms with Crippen LogP contribution >= 0.6 is 0 Å². The van der Waals surface area contributed by atoms with Crippen molar-refractivity contribution >= 4 is 34.6 Å². The van der Waals surface area contributed by atoms with Gasteiger partial charge in [0.1, 0.15) is 12.6 Å². The van der Waals surface area contributed by atoms with Gasteiger partial charge in [0, 0.05) is 19.9 Å². The molecular formula is C25H33N3O7. The number of carbonyl (C=O) groups is 4. The number of hydrogen-bond acceptors (Lipinski definition) is 6. The molecule has 0 bridgehead atoms. The quantitative estimate of drug-likeness (QED) is 0.262. The van der Waals surface area contributed by atoms with E-state index >= 15 is 0 Å². The number of aliphatic carboxylic acids is 1. The summed E-state index contributed by atoms with van der Waals surface area (Å²) in [6.45, 7) is 4.81. The number of ether oxygens (including phenoxy) is 1. The largest absolute Gasteiger partial charge is 0.480 e. The standard InChI is InChI=1S/C25H33N3O7/c1-16(2)14-28(15-22(30)24(33)35-11-10-26-17(3)29)25(34)27-21(23(31)32)13-18-8-9-19-6-4-5-7-20(19)12-18/h4-9,12,16,21-22,30H,10-11,13-15H2,1-3H3,(H,26,29)(H,27,34)(H,31,32)/t21-,22?/m0/s1. The van der Waals surface area contributed by atoms with E-state index in [1.165, 1.54) is 11.8 Å². The van der Waals surface area contributed by atoms with E-state index in [1.54, 1.807) is 0 Å². The van der Waals surface area contributed by atoms with Gasteiger partial charge in [-0.05, 0) is 22.3 Å². The van der Waals surface area contributed by atoms with Crippen molar-refractivity contribution in [1.29, 1.82) is 0 Å². The summed E-state index contributed by atoms with van der Waals surface area (Å²) in [5.74, 6) is -2.43. The van der Waals surface area contributed by atoms with E-state index in [-0.39, 0.29) is 44.5 Å². The number of nitrogens with zero attached hydrogens (tertiary/aromatic N) is 1. The van der Waals surface area contributed by atoms with E-state index in [9.17, 15) is 29.4 Å². The van der Waals surface area contributed by atoms with Gasteiger partial charge in [-0.1, -0.05) is 56.3 Å². The molecule has 35 heavy (non-hydrogen) atoms. The lowest BCUT2D eigenvalue weighted by molar-refractivity contribution is -0.154. The molecule has 10 nitrogen and oxygen atoms in total. The zero-order valence-corrected chi connectivity index (χ0v) is 20.2. The van der Waals surface area contributed by atoms with Crippen molar-refractivity contribution in [3.8, 4) is 0 Å². The van der Waals surface area contributed by atoms with E-state index in [2.05, 4.69) is 10.6 Å². The van der Waals surface area contributed by atoms with Crippen molar-refractivity contribution in [2.75, 3.05) is 26.2 Å². The summed E-state index contributed by atoms with van der Waals surface area (Å²) in [6.07, 6.45) is -1.56. The molecule has 0 aliphatic rings. The molecule has 4 N–H and O–H groups in total. The fourth-order valence-corrected chi connectivity index (χ4v) is 3.48. The molecule has 0 aliphatic heterocycles. The van der Waals surface area contributed by atoms with Crippen LogP contribution in [0, 0.1) is 5.92 Å². The Kier molecular flexibility index (Phi) is 10.5. The van der Waals surface area contributed by atoms with Crippen molar-refractivity contribution in [1.82, 2.24) is 15.5 Å². The fourth-order valence-electron chi connectivity index (χ4n) is 3.48. The minimum atomic E-state index is -1.62. The number of rotatable bonds is 12. The van der Waals surface area contributed by atoms with Crippen LogP contribution in [0.25, 0.3) is 10.8 Å². The molecule has 0 saturated carbocycles. The van der Waals surface area contributed by atoms with Crippen LogP contribution in [0.3, 0.4) is 0 Å². The van der Waals surface area contributed by atoms with E-state index in [1.807, 2.05) is 56.3 Å². The summed E-state index contributed by atoms with van der Waals surface area (Å²) >= 11 is 0. The first-order valence-corrected chi connectivity index (χ1v) is 11.4. The Morgan fingerprint density at radius 3 is 2.34 bits per heavy atom. The Bertz CT molecular complexity index is 1040. The molecule has 0 heterocycles. The van der Waals surface area contributed by atoms with E-state index < -0.39 is 30.1 Å². The predicted molar refractivity (Wildman–Crippen MR) is 130 cm³/mol. The number of amides is 3. The molecule has 190 valence electrons. The van der Waals surface area contributed by atoms with E-state index in [0.717, 1.165) is 16.3 Å². The third-order valence-electron chi connectivity index (χ3n) is 5.11. The number of aliphatic hydroxyl groups is 1. The maximum atomic E-state index is 12.9. The molecule has 2 aromatic carbocycles. The number of benzene rings is 2. The van der Waals surface area contributed by atoms with Crippen molar-refractivity contribution in [2.45, 2.75) is 39.3 Å². The SMILES string of the molecule is CC(=O)NCCOC(=O)C(O)CN(CC(C)C)C(=O)N[C@@H](Cc1ccc2ccccc2c1)C(=O)O. The highest BCUT2D eigenvalue weighted by Gasteiger charge is 2.28. The number of esters is 1. The van der Waals surface area contributed by atoms with E-state index in [4.69, 9.17) is 4.74 Å². The second-order valence-electron chi connectivity index (χ2n) is 8.69. The first-order chi connectivity index (χ1) is 16.6. The zero-order valence-electron chi connectivity index (χ0n) is 20.2. The van der Waals surface area contributed by atoms with Gasteiger partial charge in [-0.15, -0.1) is 0 Å². The van der Waals surface area contributed by atoms with Crippen molar-refractivity contribution in [3.63, 3.8) is 0 Å². The van der Waals surface area contributed by atoms with Gasteiger partial charge in [-0.2, -0.15) is 0 Å². The first kappa shape index (κ1) is 27.6. The number of hydrogen-bond donors (Lipinski definition) is 4. The van der Waals surface area contributed by atoms with E-state index in [0.29, 0.717) is 0 Å². The third-order valence-corrected chi connectivity index (χ3v) is 5.11. The summed E-state index contributed by atoms with van der Waals surface area (Å²) in [5, 5.41) is 26.9. The summed E-state index contributed by atoms with van der Waals surface area (Å²) in [4.78, 5) is 48.9. The van der Waals surface area contributed by atoms with Gasteiger partial charge < -0.3 is 30.5 Å². The normalized spacial score (nSPS) is 12.6. The van der Waals surface area contributed by atoms with Crippen LogP contribution in [0.15, 0.2) is 42.5 Å². The topological polar surface area (TPSA) is 145 Å². The number of carboxylic acid groups (broad SMARTS) is 1. The summed E-state index contributed by atoms with van der Waals surface area (Å²) in [7, 11) is 0. The van der Waals surface area contributed by atoms with Crippen LogP contribution in [-0.4, -0.2) is 77.4 Å². The predicted octanol–water partition coefficient (Wildman–Crippen LogP) is 1.54. The number of carboxylic acids is 1. The Labute approximate surface area is 204 Å². The molecule has 3 amide bonds. The van der Waals surface area contributed by atoms with Crippen molar-refractivity contribution in [3.05, 3.63) is 48.0 Å². The number of carbonyl (C=O) groups excluding carboxylic acids is 3. The molecule has 10 heteroatoms. The summed E-state index contributed by atoms with van der Waals surface area (Å²) in [5.41, 5.74) is 0.745. The number of fused-ring (bicyclic) bond motifs is 1. The lowest BCUT2D eigenvalue weighted by atomic mass is 10.0. The lowest BCUT2D eigenvalue weighted by Crippen LogP contribution is -2.52. The van der Waals surface area contributed by atoms with Crippen LogP contribution in [0.4, 0.5) is 4.79 Å². The molecular weight excluding hydrogens is 454 g/mol. The molecule has 0 fully saturated rings. The maximum absolute atomic E-state index is 12.9. The second-order valence-corrected chi connectivity index (χ2v) is 8.69. The number of aliphatic hydroxyl groups excluding tert-OH is 1. The smallest absolute Gasteiger partial charge is 0.336 e. The van der Waals surface area contributed by atoms with Gasteiger partial charge in [0.15, 0.2) is 6.10 Å². The maximum Gasteiger partial charge on any atom is 0.336 e. The molecule has 1 unspecified atom stereocenters. The minimum absolute atomic E-state index is 0.00694. The first-order valence-electron chi connectivity index (χ1n) is 11.4.